The molecule has 1 aromatic carbocycles. The van der Waals surface area contributed by atoms with Crippen LogP contribution in [-0.4, -0.2) is 43.8 Å². The summed E-state index contributed by atoms with van der Waals surface area (Å²) in [6.07, 6.45) is 3.89. The van der Waals surface area contributed by atoms with E-state index >= 15 is 0 Å². The summed E-state index contributed by atoms with van der Waals surface area (Å²) >= 11 is 1.66. The first-order chi connectivity index (χ1) is 10.5. The summed E-state index contributed by atoms with van der Waals surface area (Å²) in [4.78, 5) is 15.5. The van der Waals surface area contributed by atoms with Gasteiger partial charge in [0.05, 0.1) is 7.11 Å². The molecule has 0 bridgehead atoms. The molecule has 0 aromatic heterocycles. The van der Waals surface area contributed by atoms with Crippen LogP contribution < -0.4 is 10.1 Å². The normalized spacial score (nSPS) is 21.5. The number of hydrogen-bond acceptors (Lipinski definition) is 4. The van der Waals surface area contributed by atoms with Crippen molar-refractivity contribution in [3.63, 3.8) is 0 Å². The maximum atomic E-state index is 12.6. The largest absolute Gasteiger partial charge is 0.496 e. The quantitative estimate of drug-likeness (QED) is 0.847. The Bertz CT molecular complexity index is 521. The van der Waals surface area contributed by atoms with Crippen molar-refractivity contribution in [3.8, 4) is 5.75 Å². The van der Waals surface area contributed by atoms with Gasteiger partial charge in [0.15, 0.2) is 0 Å². The summed E-state index contributed by atoms with van der Waals surface area (Å²) < 4.78 is 5.42. The Morgan fingerprint density at radius 3 is 2.91 bits per heavy atom. The molecule has 1 heterocycles. The Morgan fingerprint density at radius 1 is 1.50 bits per heavy atom. The van der Waals surface area contributed by atoms with Gasteiger partial charge in [-0.1, -0.05) is 6.07 Å². The van der Waals surface area contributed by atoms with Crippen molar-refractivity contribution in [1.29, 1.82) is 0 Å². The van der Waals surface area contributed by atoms with Crippen LogP contribution in [0.5, 0.6) is 5.75 Å². The average molecular weight is 322 g/mol. The molecular formula is C17H26N2O2S. The summed E-state index contributed by atoms with van der Waals surface area (Å²) in [6, 6.07) is 6.59. The molecule has 0 unspecified atom stereocenters. The first-order valence-electron chi connectivity index (χ1n) is 7.74. The van der Waals surface area contributed by atoms with Gasteiger partial charge in [-0.3, -0.25) is 4.79 Å². The predicted molar refractivity (Wildman–Crippen MR) is 91.4 cm³/mol. The van der Waals surface area contributed by atoms with Crippen LogP contribution in [0.1, 0.15) is 25.3 Å². The van der Waals surface area contributed by atoms with Crippen LogP contribution in [0.4, 0.5) is 0 Å². The Morgan fingerprint density at radius 2 is 2.27 bits per heavy atom. The van der Waals surface area contributed by atoms with E-state index < -0.39 is 0 Å². The molecule has 1 amide bonds. The van der Waals surface area contributed by atoms with Gasteiger partial charge in [-0.2, -0.15) is 0 Å². The van der Waals surface area contributed by atoms with Crippen molar-refractivity contribution in [2.45, 2.75) is 37.2 Å². The Kier molecular flexibility index (Phi) is 6.15. The molecular weight excluding hydrogens is 296 g/mol. The van der Waals surface area contributed by atoms with Crippen molar-refractivity contribution in [1.82, 2.24) is 10.2 Å². The van der Waals surface area contributed by atoms with Crippen LogP contribution in [0.15, 0.2) is 23.1 Å². The number of ether oxygens (including phenoxy) is 1. The molecule has 1 aliphatic heterocycles. The highest BCUT2D eigenvalue weighted by molar-refractivity contribution is 7.98. The van der Waals surface area contributed by atoms with Gasteiger partial charge < -0.3 is 15.0 Å². The number of nitrogens with zero attached hydrogens (tertiary/aromatic N) is 1. The lowest BCUT2D eigenvalue weighted by Crippen LogP contribution is -2.42. The van der Waals surface area contributed by atoms with Gasteiger partial charge in [0.1, 0.15) is 5.75 Å². The number of piperidine rings is 1. The maximum absolute atomic E-state index is 12.6. The summed E-state index contributed by atoms with van der Waals surface area (Å²) in [5.74, 6) is 1.27. The third kappa shape index (κ3) is 4.17. The van der Waals surface area contributed by atoms with Crippen LogP contribution in [-0.2, 0) is 11.3 Å². The maximum Gasteiger partial charge on any atom is 0.225 e. The molecule has 1 N–H and O–H groups in total. The van der Waals surface area contributed by atoms with E-state index in [1.54, 1.807) is 18.9 Å². The van der Waals surface area contributed by atoms with Gasteiger partial charge >= 0.3 is 0 Å². The van der Waals surface area contributed by atoms with Crippen molar-refractivity contribution in [2.75, 3.05) is 27.0 Å². The molecule has 0 aliphatic carbocycles. The second-order valence-electron chi connectivity index (χ2n) is 5.96. The second-order valence-corrected chi connectivity index (χ2v) is 6.81. The highest BCUT2D eigenvalue weighted by atomic mass is 32.2. The third-order valence-corrected chi connectivity index (χ3v) is 4.99. The summed E-state index contributed by atoms with van der Waals surface area (Å²) in [7, 11) is 3.58. The minimum absolute atomic E-state index is 0.147. The molecule has 1 aromatic rings. The Balaban J connectivity index is 2.01. The van der Waals surface area contributed by atoms with Crippen LogP contribution in [0, 0.1) is 5.92 Å². The minimum atomic E-state index is 0.147. The molecule has 2 rings (SSSR count). The average Bonchev–Trinajstić information content (AvgIpc) is 2.53. The lowest BCUT2D eigenvalue weighted by molar-refractivity contribution is -0.135. The molecule has 2 atom stereocenters. The van der Waals surface area contributed by atoms with Crippen molar-refractivity contribution >= 4 is 17.7 Å². The highest BCUT2D eigenvalue weighted by Crippen LogP contribution is 2.29. The smallest absolute Gasteiger partial charge is 0.225 e. The molecule has 5 heteroatoms. The van der Waals surface area contributed by atoms with Gasteiger partial charge in [0.25, 0.3) is 0 Å². The number of amides is 1. The molecule has 0 saturated carbocycles. The number of carbonyl (C=O) groups is 1. The van der Waals surface area contributed by atoms with Crippen molar-refractivity contribution < 1.29 is 9.53 Å². The second kappa shape index (κ2) is 7.88. The van der Waals surface area contributed by atoms with Gasteiger partial charge in [0.2, 0.25) is 5.91 Å². The van der Waals surface area contributed by atoms with Crippen molar-refractivity contribution in [2.24, 2.45) is 5.92 Å². The molecule has 0 spiro atoms. The van der Waals surface area contributed by atoms with E-state index in [1.165, 1.54) is 0 Å². The van der Waals surface area contributed by atoms with E-state index in [2.05, 4.69) is 24.4 Å². The predicted octanol–water partition coefficient (Wildman–Crippen LogP) is 2.76. The van der Waals surface area contributed by atoms with Gasteiger partial charge in [-0.25, -0.2) is 0 Å². The Hall–Kier alpha value is -1.20. The molecule has 1 saturated heterocycles. The molecule has 1 aliphatic rings. The lowest BCUT2D eigenvalue weighted by Gasteiger charge is -2.30. The zero-order valence-corrected chi connectivity index (χ0v) is 14.7. The first kappa shape index (κ1) is 17.2. The number of hydrogen-bond donors (Lipinski definition) is 1. The SMILES string of the molecule is COc1cc(CN(C)C(=O)[C@H]2CCN[C@@H](C)C2)ccc1SC. The van der Waals surface area contributed by atoms with Crippen LogP contribution in [0.25, 0.3) is 0 Å². The summed E-state index contributed by atoms with van der Waals surface area (Å²) in [6.45, 7) is 3.70. The number of thioether (sulfide) groups is 1. The first-order valence-corrected chi connectivity index (χ1v) is 8.97. The van der Waals surface area contributed by atoms with Gasteiger partial charge in [-0.05, 0) is 50.3 Å². The highest BCUT2D eigenvalue weighted by Gasteiger charge is 2.27. The number of rotatable bonds is 5. The van der Waals surface area contributed by atoms with E-state index in [4.69, 9.17) is 4.74 Å². The van der Waals surface area contributed by atoms with Crippen LogP contribution in [0.3, 0.4) is 0 Å². The van der Waals surface area contributed by atoms with E-state index in [0.29, 0.717) is 12.6 Å². The molecule has 4 nitrogen and oxygen atoms in total. The summed E-state index contributed by atoms with van der Waals surface area (Å²) in [5, 5.41) is 3.39. The fraction of sp³-hybridized carbons (Fsp3) is 0.588. The van der Waals surface area contributed by atoms with E-state index in [0.717, 1.165) is 35.6 Å². The molecule has 1 fully saturated rings. The van der Waals surface area contributed by atoms with Crippen LogP contribution in [0.2, 0.25) is 0 Å². The number of benzene rings is 1. The minimum Gasteiger partial charge on any atom is -0.496 e. The summed E-state index contributed by atoms with van der Waals surface area (Å²) in [5.41, 5.74) is 1.10. The topological polar surface area (TPSA) is 41.6 Å². The van der Waals surface area contributed by atoms with E-state index in [9.17, 15) is 4.79 Å². The van der Waals surface area contributed by atoms with E-state index in [1.807, 2.05) is 24.3 Å². The van der Waals surface area contributed by atoms with Crippen molar-refractivity contribution in [3.05, 3.63) is 23.8 Å². The fourth-order valence-corrected chi connectivity index (χ4v) is 3.55. The number of methoxy groups -OCH3 is 1. The molecule has 0 radical (unpaired) electrons. The fourth-order valence-electron chi connectivity index (χ4n) is 3.00. The van der Waals surface area contributed by atoms with Gasteiger partial charge in [0, 0.05) is 30.4 Å². The zero-order valence-electron chi connectivity index (χ0n) is 13.9. The number of nitrogens with one attached hydrogen (secondary N) is 1. The standard InChI is InChI=1S/C17H26N2O2S/c1-12-9-14(7-8-18-12)17(20)19(2)11-13-5-6-16(22-4)15(10-13)21-3/h5-6,10,12,14,18H,7-9,11H2,1-4H3/t12-,14-/m0/s1. The zero-order chi connectivity index (χ0) is 16.1. The molecule has 122 valence electrons. The monoisotopic (exact) mass is 322 g/mol. The van der Waals surface area contributed by atoms with E-state index in [-0.39, 0.29) is 11.8 Å². The lowest BCUT2D eigenvalue weighted by atomic mass is 9.92. The number of carbonyl (C=O) groups excluding carboxylic acids is 1. The Labute approximate surface area is 137 Å². The van der Waals surface area contributed by atoms with Gasteiger partial charge in [-0.15, -0.1) is 11.8 Å². The molecule has 22 heavy (non-hydrogen) atoms. The van der Waals surface area contributed by atoms with Crippen LogP contribution >= 0.6 is 11.8 Å². The third-order valence-electron chi connectivity index (χ3n) is 4.22.